The van der Waals surface area contributed by atoms with Gasteiger partial charge in [-0.2, -0.15) is 0 Å². The fraction of sp³-hybridized carbons (Fsp3) is 0.143. The highest BCUT2D eigenvalue weighted by Gasteiger charge is 2.26. The summed E-state index contributed by atoms with van der Waals surface area (Å²) in [5.74, 6) is 0. The summed E-state index contributed by atoms with van der Waals surface area (Å²) in [7, 11) is 0. The molecule has 106 valence electrons. The zero-order valence-corrected chi connectivity index (χ0v) is 10.5. The molecule has 6 heteroatoms. The Labute approximate surface area is 116 Å². The molecule has 2 N–H and O–H groups in total. The molecule has 20 heavy (non-hydrogen) atoms. The molecule has 0 aliphatic heterocycles. The van der Waals surface area contributed by atoms with Crippen LogP contribution >= 0.6 is 0 Å². The fourth-order valence-electron chi connectivity index (χ4n) is 2.16. The summed E-state index contributed by atoms with van der Waals surface area (Å²) in [5.41, 5.74) is 0.850. The van der Waals surface area contributed by atoms with Crippen LogP contribution in [0.1, 0.15) is 23.2 Å². The smallest absolute Gasteiger partial charge is 0.0675 e. The number of hydrogen-bond donors (Lipinski definition) is 2. The lowest BCUT2D eigenvalue weighted by Gasteiger charge is -2.42. The minimum absolute atomic E-state index is 0.311. The molecule has 0 aliphatic rings. The summed E-state index contributed by atoms with van der Waals surface area (Å²) in [4.78, 5) is 0. The first-order valence-corrected chi connectivity index (χ1v) is 6.01. The third-order valence-corrected chi connectivity index (χ3v) is 3.06. The van der Waals surface area contributed by atoms with Gasteiger partial charge in [-0.1, -0.05) is 60.7 Å². The van der Waals surface area contributed by atoms with Crippen molar-refractivity contribution >= 4 is 0 Å². The van der Waals surface area contributed by atoms with E-state index in [9.17, 15) is 20.8 Å². The minimum Gasteiger partial charge on any atom is -0.762 e. The number of hydroxylamine groups is 4. The van der Waals surface area contributed by atoms with Gasteiger partial charge in [0.2, 0.25) is 0 Å². The lowest BCUT2D eigenvalue weighted by Crippen LogP contribution is -2.33. The SMILES string of the molecule is [O-]N(O)[C@H](c1ccccc1)[C@@H](c1ccccc1)N([O-])O. The van der Waals surface area contributed by atoms with Crippen LogP contribution in [0.2, 0.25) is 0 Å². The maximum absolute atomic E-state index is 11.5. The molecular weight excluding hydrogens is 260 g/mol. The molecular formula is C14H14N2O4-2. The quantitative estimate of drug-likeness (QED) is 0.814. The van der Waals surface area contributed by atoms with E-state index < -0.39 is 12.1 Å². The van der Waals surface area contributed by atoms with Crippen LogP contribution in [-0.4, -0.2) is 20.9 Å². The summed E-state index contributed by atoms with van der Waals surface area (Å²) in [6.07, 6.45) is 0. The van der Waals surface area contributed by atoms with E-state index >= 15 is 0 Å². The predicted molar refractivity (Wildman–Crippen MR) is 72.4 cm³/mol. The van der Waals surface area contributed by atoms with Gasteiger partial charge >= 0.3 is 0 Å². The first-order valence-electron chi connectivity index (χ1n) is 6.01. The second-order valence-electron chi connectivity index (χ2n) is 4.32. The van der Waals surface area contributed by atoms with Crippen molar-refractivity contribution in [3.63, 3.8) is 0 Å². The number of benzene rings is 2. The Kier molecular flexibility index (Phi) is 4.80. The molecule has 2 rings (SSSR count). The average molecular weight is 274 g/mol. The fourth-order valence-corrected chi connectivity index (χ4v) is 2.16. The van der Waals surface area contributed by atoms with Crippen LogP contribution in [0.15, 0.2) is 60.7 Å². The molecule has 0 radical (unpaired) electrons. The van der Waals surface area contributed by atoms with E-state index in [2.05, 4.69) is 0 Å². The highest BCUT2D eigenvalue weighted by molar-refractivity contribution is 5.27. The van der Waals surface area contributed by atoms with E-state index in [1.807, 2.05) is 0 Å². The van der Waals surface area contributed by atoms with Crippen molar-refractivity contribution in [2.45, 2.75) is 12.1 Å². The van der Waals surface area contributed by atoms with Crippen molar-refractivity contribution in [2.75, 3.05) is 0 Å². The summed E-state index contributed by atoms with van der Waals surface area (Å²) in [6, 6.07) is 14.2. The van der Waals surface area contributed by atoms with Crippen molar-refractivity contribution in [2.24, 2.45) is 0 Å². The van der Waals surface area contributed by atoms with Crippen LogP contribution in [0, 0.1) is 10.4 Å². The molecule has 0 saturated heterocycles. The first kappa shape index (κ1) is 14.6. The summed E-state index contributed by atoms with van der Waals surface area (Å²) >= 11 is 0. The summed E-state index contributed by atoms with van der Waals surface area (Å²) < 4.78 is 0. The van der Waals surface area contributed by atoms with Gasteiger partial charge in [-0.05, 0) is 11.1 Å². The molecule has 0 aromatic heterocycles. The second-order valence-corrected chi connectivity index (χ2v) is 4.32. The van der Waals surface area contributed by atoms with E-state index in [0.29, 0.717) is 11.1 Å². The van der Waals surface area contributed by atoms with E-state index in [4.69, 9.17) is 0 Å². The highest BCUT2D eigenvalue weighted by Crippen LogP contribution is 2.36. The van der Waals surface area contributed by atoms with Crippen molar-refractivity contribution in [3.05, 3.63) is 82.2 Å². The molecule has 6 nitrogen and oxygen atoms in total. The Morgan fingerprint density at radius 2 is 0.950 bits per heavy atom. The van der Waals surface area contributed by atoms with Crippen LogP contribution in [0.3, 0.4) is 0 Å². The van der Waals surface area contributed by atoms with E-state index in [-0.39, 0.29) is 10.5 Å². The van der Waals surface area contributed by atoms with Crippen LogP contribution in [0.4, 0.5) is 0 Å². The molecule has 0 amide bonds. The van der Waals surface area contributed by atoms with Crippen molar-refractivity contribution in [1.82, 2.24) is 10.5 Å². The molecule has 0 aliphatic carbocycles. The summed E-state index contributed by atoms with van der Waals surface area (Å²) in [6.45, 7) is 0. The van der Waals surface area contributed by atoms with Crippen LogP contribution in [-0.2, 0) is 0 Å². The number of nitrogens with zero attached hydrogens (tertiary/aromatic N) is 2. The molecule has 0 unspecified atom stereocenters. The lowest BCUT2D eigenvalue weighted by molar-refractivity contribution is -0.158. The van der Waals surface area contributed by atoms with Crippen molar-refractivity contribution in [1.29, 1.82) is 0 Å². The Hall–Kier alpha value is -1.80. The average Bonchev–Trinajstić information content (AvgIpc) is 2.45. The van der Waals surface area contributed by atoms with Gasteiger partial charge < -0.3 is 20.8 Å². The standard InChI is InChI=1S/C14H14N2O4/c17-15(18)13(11-7-3-1-4-8-11)14(16(19)20)12-9-5-2-6-10-12/h1-10,13-14,17,19H/q-2/t13-,14-/m1/s1. The van der Waals surface area contributed by atoms with Crippen LogP contribution in [0.5, 0.6) is 0 Å². The van der Waals surface area contributed by atoms with Gasteiger partial charge in [-0.15, -0.1) is 0 Å². The number of rotatable bonds is 5. The molecule has 2 atom stereocenters. The predicted octanol–water partition coefficient (Wildman–Crippen LogP) is 2.85. The van der Waals surface area contributed by atoms with E-state index in [1.165, 1.54) is 0 Å². The maximum atomic E-state index is 11.5. The first-order chi connectivity index (χ1) is 9.61. The minimum atomic E-state index is -1.24. The Morgan fingerprint density at radius 3 is 1.20 bits per heavy atom. The molecule has 0 bridgehead atoms. The molecule has 0 spiro atoms. The molecule has 0 fully saturated rings. The Bertz CT molecular complexity index is 470. The number of hydrogen-bond acceptors (Lipinski definition) is 6. The van der Waals surface area contributed by atoms with Crippen molar-refractivity contribution < 1.29 is 10.4 Å². The molecule has 2 aromatic carbocycles. The highest BCUT2D eigenvalue weighted by atomic mass is 16.8. The second kappa shape index (κ2) is 6.58. The molecule has 0 heterocycles. The van der Waals surface area contributed by atoms with Gasteiger partial charge in [0.1, 0.15) is 0 Å². The topological polar surface area (TPSA) is 93.1 Å². The summed E-state index contributed by atoms with van der Waals surface area (Å²) in [5, 5.41) is 41.0. The van der Waals surface area contributed by atoms with Crippen LogP contribution in [0.25, 0.3) is 0 Å². The Morgan fingerprint density at radius 1 is 0.650 bits per heavy atom. The van der Waals surface area contributed by atoms with Gasteiger partial charge in [0.25, 0.3) is 0 Å². The van der Waals surface area contributed by atoms with Gasteiger partial charge in [0.05, 0.1) is 12.1 Å². The molecule has 2 aromatic rings. The van der Waals surface area contributed by atoms with Gasteiger partial charge in [-0.3, -0.25) is 10.5 Å². The third kappa shape index (κ3) is 3.20. The normalized spacial score (nSPS) is 14.5. The van der Waals surface area contributed by atoms with E-state index in [1.54, 1.807) is 60.7 Å². The Balaban J connectivity index is 2.44. The monoisotopic (exact) mass is 274 g/mol. The van der Waals surface area contributed by atoms with Gasteiger partial charge in [0, 0.05) is 0 Å². The lowest BCUT2D eigenvalue weighted by atomic mass is 9.94. The van der Waals surface area contributed by atoms with Crippen LogP contribution < -0.4 is 0 Å². The van der Waals surface area contributed by atoms with Crippen molar-refractivity contribution in [3.8, 4) is 0 Å². The zero-order valence-electron chi connectivity index (χ0n) is 10.5. The van der Waals surface area contributed by atoms with Gasteiger partial charge in [0.15, 0.2) is 0 Å². The zero-order chi connectivity index (χ0) is 14.5. The molecule has 0 saturated carbocycles. The third-order valence-electron chi connectivity index (χ3n) is 3.06. The largest absolute Gasteiger partial charge is 0.762 e. The van der Waals surface area contributed by atoms with Gasteiger partial charge in [-0.25, -0.2) is 0 Å². The maximum Gasteiger partial charge on any atom is 0.0675 e. The van der Waals surface area contributed by atoms with E-state index in [0.717, 1.165) is 0 Å².